The Kier molecular flexibility index (Phi) is 6.99. The van der Waals surface area contributed by atoms with Crippen LogP contribution in [0.4, 0.5) is 4.39 Å². The predicted octanol–water partition coefficient (Wildman–Crippen LogP) is 2.18. The Labute approximate surface area is 115 Å². The van der Waals surface area contributed by atoms with Gasteiger partial charge in [-0.05, 0) is 26.5 Å². The average Bonchev–Trinajstić information content (AvgIpc) is 2.42. The van der Waals surface area contributed by atoms with E-state index in [1.165, 1.54) is 6.07 Å². The number of likely N-dealkylation sites (N-methyl/N-ethyl adjacent to an activating group) is 1. The normalized spacial score (nSPS) is 14.6. The summed E-state index contributed by atoms with van der Waals surface area (Å²) >= 11 is 0. The van der Waals surface area contributed by atoms with Crippen molar-refractivity contribution in [1.29, 1.82) is 0 Å². The molecule has 4 heteroatoms. The lowest BCUT2D eigenvalue weighted by Gasteiger charge is -2.23. The smallest absolute Gasteiger partial charge is 0.129 e. The molecule has 0 aliphatic rings. The van der Waals surface area contributed by atoms with Crippen LogP contribution in [0.15, 0.2) is 24.3 Å². The van der Waals surface area contributed by atoms with Gasteiger partial charge in [0.1, 0.15) is 5.82 Å². The highest BCUT2D eigenvalue weighted by Crippen LogP contribution is 2.15. The first-order valence-corrected chi connectivity index (χ1v) is 6.89. The Morgan fingerprint density at radius 3 is 2.68 bits per heavy atom. The second kappa shape index (κ2) is 8.25. The van der Waals surface area contributed by atoms with Gasteiger partial charge in [-0.25, -0.2) is 4.39 Å². The summed E-state index contributed by atoms with van der Waals surface area (Å²) in [5, 5.41) is 13.1. The molecule has 0 amide bonds. The zero-order valence-electron chi connectivity index (χ0n) is 12.1. The summed E-state index contributed by atoms with van der Waals surface area (Å²) in [6.45, 7) is 6.42. The molecule has 0 aliphatic heterocycles. The van der Waals surface area contributed by atoms with Gasteiger partial charge in [0.25, 0.3) is 0 Å². The Hall–Kier alpha value is -0.970. The number of nitrogens with zero attached hydrogens (tertiary/aromatic N) is 1. The van der Waals surface area contributed by atoms with Gasteiger partial charge < -0.3 is 15.3 Å². The number of nitrogens with one attached hydrogen (secondary N) is 1. The summed E-state index contributed by atoms with van der Waals surface area (Å²) in [5.74, 6) is -0.353. The zero-order valence-corrected chi connectivity index (χ0v) is 12.1. The van der Waals surface area contributed by atoms with E-state index in [0.717, 1.165) is 19.5 Å². The third kappa shape index (κ3) is 5.27. The molecular formula is C15H25FN2O. The van der Waals surface area contributed by atoms with Gasteiger partial charge in [0, 0.05) is 31.2 Å². The van der Waals surface area contributed by atoms with Gasteiger partial charge in [-0.3, -0.25) is 0 Å². The Morgan fingerprint density at radius 2 is 2.05 bits per heavy atom. The highest BCUT2D eigenvalue weighted by Gasteiger charge is 2.11. The van der Waals surface area contributed by atoms with Crippen molar-refractivity contribution < 1.29 is 9.50 Å². The number of aliphatic hydroxyl groups excluding tert-OH is 1. The highest BCUT2D eigenvalue weighted by molar-refractivity contribution is 5.19. The van der Waals surface area contributed by atoms with Crippen LogP contribution >= 0.6 is 0 Å². The molecule has 1 aromatic carbocycles. The number of halogens is 1. The van der Waals surface area contributed by atoms with E-state index >= 15 is 0 Å². The number of benzene rings is 1. The molecule has 0 saturated heterocycles. The van der Waals surface area contributed by atoms with Crippen molar-refractivity contribution in [3.63, 3.8) is 0 Å². The van der Waals surface area contributed by atoms with Crippen LogP contribution in [0.5, 0.6) is 0 Å². The summed E-state index contributed by atoms with van der Waals surface area (Å²) < 4.78 is 13.4. The van der Waals surface area contributed by atoms with Crippen LogP contribution in [0.2, 0.25) is 0 Å². The topological polar surface area (TPSA) is 35.5 Å². The van der Waals surface area contributed by atoms with Crippen LogP contribution in [0.3, 0.4) is 0 Å². The lowest BCUT2D eigenvalue weighted by Crippen LogP contribution is -2.36. The van der Waals surface area contributed by atoms with E-state index in [0.29, 0.717) is 18.2 Å². The van der Waals surface area contributed by atoms with E-state index in [1.807, 2.05) is 0 Å². The van der Waals surface area contributed by atoms with Gasteiger partial charge in [0.05, 0.1) is 6.10 Å². The van der Waals surface area contributed by atoms with Crippen LogP contribution in [0.25, 0.3) is 0 Å². The molecule has 0 saturated carbocycles. The van der Waals surface area contributed by atoms with Crippen LogP contribution in [0, 0.1) is 5.82 Å². The van der Waals surface area contributed by atoms with Gasteiger partial charge in [0.15, 0.2) is 0 Å². The monoisotopic (exact) mass is 268 g/mol. The molecule has 3 nitrogen and oxygen atoms in total. The van der Waals surface area contributed by atoms with Crippen LogP contribution < -0.4 is 5.32 Å². The molecule has 108 valence electrons. The summed E-state index contributed by atoms with van der Waals surface area (Å²) in [6.07, 6.45) is 0.323. The van der Waals surface area contributed by atoms with Crippen molar-refractivity contribution in [2.24, 2.45) is 0 Å². The van der Waals surface area contributed by atoms with Crippen molar-refractivity contribution >= 4 is 0 Å². The van der Waals surface area contributed by atoms with Crippen molar-refractivity contribution in [1.82, 2.24) is 10.2 Å². The zero-order chi connectivity index (χ0) is 14.3. The quantitative estimate of drug-likeness (QED) is 0.709. The fourth-order valence-electron chi connectivity index (χ4n) is 1.88. The van der Waals surface area contributed by atoms with Gasteiger partial charge in [0.2, 0.25) is 0 Å². The molecule has 0 spiro atoms. The number of hydrogen-bond donors (Lipinski definition) is 2. The summed E-state index contributed by atoms with van der Waals surface area (Å²) in [7, 11) is 2.09. The second-order valence-electron chi connectivity index (χ2n) is 4.98. The first-order chi connectivity index (χ1) is 9.06. The number of aliphatic hydroxyl groups is 1. The maximum absolute atomic E-state index is 13.4. The van der Waals surface area contributed by atoms with E-state index in [-0.39, 0.29) is 5.82 Å². The maximum atomic E-state index is 13.4. The lowest BCUT2D eigenvalue weighted by atomic mass is 10.1. The SMILES string of the molecule is CCC(C)N(C)CCNCC(O)c1ccccc1F. The molecule has 1 rings (SSSR count). The maximum Gasteiger partial charge on any atom is 0.129 e. The van der Waals surface area contributed by atoms with Gasteiger partial charge in [-0.1, -0.05) is 25.1 Å². The second-order valence-corrected chi connectivity index (χ2v) is 4.98. The molecule has 2 atom stereocenters. The van der Waals surface area contributed by atoms with Crippen LogP contribution in [-0.4, -0.2) is 42.7 Å². The largest absolute Gasteiger partial charge is 0.387 e. The minimum atomic E-state index is -0.796. The fraction of sp³-hybridized carbons (Fsp3) is 0.600. The van der Waals surface area contributed by atoms with Gasteiger partial charge in [-0.2, -0.15) is 0 Å². The molecule has 0 aromatic heterocycles. The predicted molar refractivity (Wildman–Crippen MR) is 76.6 cm³/mol. The third-order valence-corrected chi connectivity index (χ3v) is 3.59. The number of rotatable bonds is 8. The first kappa shape index (κ1) is 16.1. The van der Waals surface area contributed by atoms with Crippen LogP contribution in [-0.2, 0) is 0 Å². The lowest BCUT2D eigenvalue weighted by molar-refractivity contribution is 0.166. The molecule has 0 fully saturated rings. The molecule has 0 heterocycles. The van der Waals surface area contributed by atoms with E-state index in [9.17, 15) is 9.50 Å². The Morgan fingerprint density at radius 1 is 1.37 bits per heavy atom. The van der Waals surface area contributed by atoms with E-state index in [2.05, 4.69) is 31.1 Å². The molecule has 2 unspecified atom stereocenters. The third-order valence-electron chi connectivity index (χ3n) is 3.59. The highest BCUT2D eigenvalue weighted by atomic mass is 19.1. The average molecular weight is 268 g/mol. The van der Waals surface area contributed by atoms with E-state index in [1.54, 1.807) is 18.2 Å². The molecule has 19 heavy (non-hydrogen) atoms. The standard InChI is InChI=1S/C15H25FN2O/c1-4-12(2)18(3)10-9-17-11-15(19)13-7-5-6-8-14(13)16/h5-8,12,15,17,19H,4,9-11H2,1-3H3. The summed E-state index contributed by atoms with van der Waals surface area (Å²) in [5.41, 5.74) is 0.352. The van der Waals surface area contributed by atoms with E-state index in [4.69, 9.17) is 0 Å². The molecular weight excluding hydrogens is 243 g/mol. The molecule has 0 aliphatic carbocycles. The minimum Gasteiger partial charge on any atom is -0.387 e. The number of hydrogen-bond acceptors (Lipinski definition) is 3. The van der Waals surface area contributed by atoms with Crippen molar-refractivity contribution in [3.8, 4) is 0 Å². The van der Waals surface area contributed by atoms with E-state index < -0.39 is 6.10 Å². The molecule has 1 aromatic rings. The minimum absolute atomic E-state index is 0.352. The first-order valence-electron chi connectivity index (χ1n) is 6.89. The molecule has 2 N–H and O–H groups in total. The summed E-state index contributed by atoms with van der Waals surface area (Å²) in [6, 6.07) is 6.90. The Balaban J connectivity index is 2.28. The van der Waals surface area contributed by atoms with Gasteiger partial charge >= 0.3 is 0 Å². The van der Waals surface area contributed by atoms with Crippen molar-refractivity contribution in [2.75, 3.05) is 26.7 Å². The fourth-order valence-corrected chi connectivity index (χ4v) is 1.88. The molecule has 0 bridgehead atoms. The summed E-state index contributed by atoms with van der Waals surface area (Å²) in [4.78, 5) is 2.27. The van der Waals surface area contributed by atoms with Crippen molar-refractivity contribution in [2.45, 2.75) is 32.4 Å². The van der Waals surface area contributed by atoms with Crippen LogP contribution in [0.1, 0.15) is 31.9 Å². The van der Waals surface area contributed by atoms with Crippen molar-refractivity contribution in [3.05, 3.63) is 35.6 Å². The van der Waals surface area contributed by atoms with Gasteiger partial charge in [-0.15, -0.1) is 0 Å². The Bertz CT molecular complexity index is 373. The molecule has 0 radical (unpaired) electrons.